The monoisotopic (exact) mass is 789 g/mol. The van der Waals surface area contributed by atoms with E-state index in [1.54, 1.807) is 24.5 Å². The number of halogens is 3. The topological polar surface area (TPSA) is 19.4 Å². The summed E-state index contributed by atoms with van der Waals surface area (Å²) in [5, 5.41) is 0.683. The van der Waals surface area contributed by atoms with Gasteiger partial charge in [-0.1, -0.05) is 103 Å². The Labute approximate surface area is 308 Å². The zero-order valence-corrected chi connectivity index (χ0v) is 33.5. The quantitative estimate of drug-likeness (QED) is 0.152. The molecule has 1 aliphatic rings. The summed E-state index contributed by atoms with van der Waals surface area (Å²) < 4.78 is 0. The van der Waals surface area contributed by atoms with Crippen LogP contribution in [-0.2, 0) is 15.9 Å². The van der Waals surface area contributed by atoms with Crippen molar-refractivity contribution in [2.24, 2.45) is 0 Å². The van der Waals surface area contributed by atoms with Crippen molar-refractivity contribution in [3.8, 4) is 0 Å². The second kappa shape index (κ2) is 23.0. The molecule has 0 spiro atoms. The molecule has 47 heavy (non-hydrogen) atoms. The van der Waals surface area contributed by atoms with Crippen molar-refractivity contribution in [1.82, 2.24) is 4.98 Å². The number of pyridine rings is 1. The summed E-state index contributed by atoms with van der Waals surface area (Å²) >= 11 is 5.37. The molecule has 7 heteroatoms. The zero-order valence-electron chi connectivity index (χ0n) is 29.7. The van der Waals surface area contributed by atoms with Crippen LogP contribution in [0.1, 0.15) is 153 Å². The van der Waals surface area contributed by atoms with Gasteiger partial charge in [-0.05, 0) is 109 Å². The van der Waals surface area contributed by atoms with Crippen LogP contribution >= 0.6 is 30.7 Å². The van der Waals surface area contributed by atoms with E-state index in [9.17, 15) is 0 Å². The molecule has 2 radical (unpaired) electrons. The number of benzene rings is 2. The van der Waals surface area contributed by atoms with Crippen molar-refractivity contribution >= 4 is 42.0 Å². The van der Waals surface area contributed by atoms with Crippen LogP contribution in [0.2, 0.25) is 5.02 Å². The minimum atomic E-state index is -0.106. The molecule has 3 aromatic rings. The zero-order chi connectivity index (χ0) is 34.8. The van der Waals surface area contributed by atoms with Gasteiger partial charge < -0.3 is 9.80 Å². The van der Waals surface area contributed by atoms with E-state index in [0.29, 0.717) is 28.7 Å². The van der Waals surface area contributed by atoms with Gasteiger partial charge in [0, 0.05) is 24.8 Å². The van der Waals surface area contributed by atoms with Gasteiger partial charge in [0.1, 0.15) is 0 Å². The van der Waals surface area contributed by atoms with E-state index in [-0.39, 0.29) is 15.9 Å². The van der Waals surface area contributed by atoms with Crippen LogP contribution < -0.4 is 9.80 Å². The Morgan fingerprint density at radius 1 is 0.574 bits per heavy atom. The number of para-hydroxylation sites is 2. The normalized spacial score (nSPS) is 12.7. The van der Waals surface area contributed by atoms with Crippen LogP contribution in [0.3, 0.4) is 0 Å². The number of anilines is 2. The molecule has 0 N–H and O–H groups in total. The van der Waals surface area contributed by atoms with Gasteiger partial charge in [-0.15, -0.1) is 0 Å². The second-order valence-corrected chi connectivity index (χ2v) is 14.8. The van der Waals surface area contributed by atoms with E-state index in [0.717, 1.165) is 51.4 Å². The average molecular weight is 792 g/mol. The molecule has 0 bridgehead atoms. The van der Waals surface area contributed by atoms with Crippen molar-refractivity contribution in [3.63, 3.8) is 0 Å². The van der Waals surface area contributed by atoms with E-state index < -0.39 is 0 Å². The van der Waals surface area contributed by atoms with E-state index in [2.05, 4.69) is 126 Å². The van der Waals surface area contributed by atoms with Crippen molar-refractivity contribution in [2.75, 3.05) is 9.80 Å². The molecule has 0 saturated carbocycles. The fourth-order valence-electron chi connectivity index (χ4n) is 6.86. The first-order valence-electron chi connectivity index (χ1n) is 17.5. The minimum absolute atomic E-state index is 0.106. The number of rotatable bonds is 14. The Morgan fingerprint density at radius 2 is 0.894 bits per heavy atom. The average Bonchev–Trinajstić information content (AvgIpc) is 3.58. The molecule has 3 nitrogen and oxygen atoms in total. The Balaban J connectivity index is 0.000000659. The summed E-state index contributed by atoms with van der Waals surface area (Å²) in [5.74, 6) is 2.24. The SMILES string of the molecule is CCC(CC)c1cccc(C(CC)CC)c1N1[C]N(c2c(C(CC)CC)cccc2C(CC)CC)C=C1.Clc1cccnc1.[Cl][Pd][Cl]. The maximum absolute atomic E-state index is 5.48. The Morgan fingerprint density at radius 3 is 1.11 bits per heavy atom. The molecule has 0 aliphatic carbocycles. The fourth-order valence-corrected chi connectivity index (χ4v) is 6.98. The molecule has 2 heterocycles. The summed E-state index contributed by atoms with van der Waals surface area (Å²) in [6.45, 7) is 22.5. The first-order chi connectivity index (χ1) is 22.8. The predicted octanol–water partition coefficient (Wildman–Crippen LogP) is 14.2. The molecule has 1 aliphatic heterocycles. The first-order valence-corrected chi connectivity index (χ1v) is 21.9. The number of aromatic nitrogens is 1. The molecule has 1 aromatic heterocycles. The van der Waals surface area contributed by atoms with Crippen LogP contribution in [0, 0.1) is 6.67 Å². The summed E-state index contributed by atoms with van der Waals surface area (Å²) in [6.07, 6.45) is 17.1. The second-order valence-electron chi connectivity index (χ2n) is 12.0. The Hall–Kier alpha value is -1.54. The van der Waals surface area contributed by atoms with Gasteiger partial charge in [-0.3, -0.25) is 4.98 Å². The van der Waals surface area contributed by atoms with Crippen LogP contribution in [0.25, 0.3) is 0 Å². The van der Waals surface area contributed by atoms with E-state index in [4.69, 9.17) is 30.7 Å². The van der Waals surface area contributed by atoms with Crippen molar-refractivity contribution in [3.05, 3.63) is 107 Å². The third-order valence-electron chi connectivity index (χ3n) is 9.59. The van der Waals surface area contributed by atoms with Gasteiger partial charge in [0.15, 0.2) is 0 Å². The van der Waals surface area contributed by atoms with Crippen molar-refractivity contribution in [1.29, 1.82) is 0 Å². The molecule has 0 unspecified atom stereocenters. The molecular formula is C40H56Cl3N3Pd. The Kier molecular flexibility index (Phi) is 20.4. The number of hydrogen-bond donors (Lipinski definition) is 0. The molecule has 4 rings (SSSR count). The van der Waals surface area contributed by atoms with Gasteiger partial charge in [0.05, 0.1) is 16.4 Å². The molecule has 0 fully saturated rings. The molecule has 0 atom stereocenters. The molecular weight excluding hydrogens is 735 g/mol. The number of nitrogens with zero attached hydrogens (tertiary/aromatic N) is 3. The Bertz CT molecular complexity index is 1160. The molecule has 0 amide bonds. The third kappa shape index (κ3) is 11.5. The molecule has 262 valence electrons. The van der Waals surface area contributed by atoms with Crippen molar-refractivity contribution < 1.29 is 15.9 Å². The van der Waals surface area contributed by atoms with E-state index in [1.165, 1.54) is 33.6 Å². The van der Waals surface area contributed by atoms with Gasteiger partial charge in [-0.2, -0.15) is 0 Å². The van der Waals surface area contributed by atoms with Crippen LogP contribution in [-0.4, -0.2) is 4.98 Å². The molecule has 0 saturated heterocycles. The van der Waals surface area contributed by atoms with Crippen LogP contribution in [0.4, 0.5) is 11.4 Å². The van der Waals surface area contributed by atoms with E-state index >= 15 is 0 Å². The van der Waals surface area contributed by atoms with E-state index in [1.807, 2.05) is 0 Å². The molecule has 2 aromatic carbocycles. The standard InChI is InChI=1S/C35H52N2.C5H4ClN.2ClH.Pd/c1-9-26(10-2)30-19-17-20-31(27(11-3)12-4)34(30)36-23-24-37(25-36)35-32(28(13-5)14-6)21-18-22-33(35)29(15-7)16-8;6-5-2-1-3-7-4-5;;;/h17-24,26-29H,9-16H2,1-8H3;1-4H;2*1H;/q;;;;+2/p-2. The predicted molar refractivity (Wildman–Crippen MR) is 204 cm³/mol. The van der Waals surface area contributed by atoms with Gasteiger partial charge in [0.25, 0.3) is 0 Å². The summed E-state index contributed by atoms with van der Waals surface area (Å²) in [6, 6.07) is 17.6. The third-order valence-corrected chi connectivity index (χ3v) is 9.81. The van der Waals surface area contributed by atoms with Gasteiger partial charge in [-0.25, -0.2) is 0 Å². The fraction of sp³-hybridized carbons (Fsp3) is 0.500. The van der Waals surface area contributed by atoms with Crippen molar-refractivity contribution in [2.45, 2.75) is 130 Å². The van der Waals surface area contributed by atoms with Gasteiger partial charge >= 0.3 is 35.0 Å². The number of hydrogen-bond acceptors (Lipinski definition) is 3. The summed E-state index contributed by atoms with van der Waals surface area (Å²) in [5.41, 5.74) is 8.63. The summed E-state index contributed by atoms with van der Waals surface area (Å²) in [7, 11) is 9.63. The van der Waals surface area contributed by atoms with Crippen LogP contribution in [0.15, 0.2) is 73.3 Å². The maximum atomic E-state index is 5.48. The van der Waals surface area contributed by atoms with Crippen LogP contribution in [0.5, 0.6) is 0 Å². The first kappa shape index (κ1) is 41.6. The van der Waals surface area contributed by atoms with Gasteiger partial charge in [0.2, 0.25) is 6.67 Å². The summed E-state index contributed by atoms with van der Waals surface area (Å²) in [4.78, 5) is 8.39.